The van der Waals surface area contributed by atoms with Crippen LogP contribution in [0, 0.1) is 5.92 Å². The maximum atomic E-state index is 14.6. The van der Waals surface area contributed by atoms with Crippen molar-refractivity contribution in [3.63, 3.8) is 0 Å². The first kappa shape index (κ1) is 40.7. The van der Waals surface area contributed by atoms with E-state index in [4.69, 9.17) is 14.2 Å². The van der Waals surface area contributed by atoms with Crippen LogP contribution in [-0.2, 0) is 33.9 Å². The van der Waals surface area contributed by atoms with Crippen molar-refractivity contribution >= 4 is 50.5 Å². The zero-order valence-corrected chi connectivity index (χ0v) is 32.2. The molecule has 1 aromatic heterocycles. The van der Waals surface area contributed by atoms with Crippen molar-refractivity contribution in [3.05, 3.63) is 68.4 Å². The summed E-state index contributed by atoms with van der Waals surface area (Å²) in [6.45, 7) is 15.4. The minimum atomic E-state index is -3.95. The van der Waals surface area contributed by atoms with Crippen molar-refractivity contribution in [3.8, 4) is 11.6 Å². The number of pyridine rings is 1. The lowest BCUT2D eigenvalue weighted by atomic mass is 10.1. The number of aromatic nitrogens is 1. The van der Waals surface area contributed by atoms with Crippen molar-refractivity contribution in [2.45, 2.75) is 81.0 Å². The second-order valence-electron chi connectivity index (χ2n) is 14.8. The SMILES string of the molecule is C=CCN(C[C@H](NC(=O)OC(C)(C)C)C(=O)N1C[C@H](Oc2nccc3cc(OC)ccc23)C[C@H]1C(=O)N[C@]1(C(=O)NS(=O)(=O)C2CC2)CC1C=C)C(=O)C=C. The zero-order chi connectivity index (χ0) is 40.3. The normalized spacial score (nSPS) is 22.4. The van der Waals surface area contributed by atoms with E-state index in [-0.39, 0.29) is 38.4 Å². The maximum Gasteiger partial charge on any atom is 0.408 e. The van der Waals surface area contributed by atoms with Gasteiger partial charge < -0.3 is 34.6 Å². The van der Waals surface area contributed by atoms with E-state index in [0.717, 1.165) is 11.5 Å². The Morgan fingerprint density at radius 3 is 2.45 bits per heavy atom. The van der Waals surface area contributed by atoms with Crippen molar-refractivity contribution in [2.24, 2.45) is 5.92 Å². The Hall–Kier alpha value is -5.45. The molecular weight excluding hydrogens is 733 g/mol. The van der Waals surface area contributed by atoms with E-state index < -0.39 is 80.2 Å². The van der Waals surface area contributed by atoms with Crippen LogP contribution in [0.15, 0.2) is 68.4 Å². The molecule has 3 fully saturated rings. The molecule has 55 heavy (non-hydrogen) atoms. The third-order valence-electron chi connectivity index (χ3n) is 9.54. The standard InChI is InChI=1S/C38H48N6O10S/c1-8-17-43(31(45)10-3)22-29(40-36(49)54-37(4,5)6)34(47)44-21-26(53-33-28-14-11-25(52-7)18-23(28)15-16-39-33)19-30(44)32(46)41-38(20-24(38)9-2)35(48)42-55(50,51)27-12-13-27/h8-11,14-16,18,24,26-27,29-30H,1-3,12-13,17,19-22H2,4-7H3,(H,40,49)(H,41,46)(H,42,48)/t24?,26-,29+,30+,38-/m1/s1. The van der Waals surface area contributed by atoms with Gasteiger partial charge in [0.2, 0.25) is 33.6 Å². The third-order valence-corrected chi connectivity index (χ3v) is 11.4. The van der Waals surface area contributed by atoms with E-state index in [9.17, 15) is 32.4 Å². The number of carbonyl (C=O) groups is 5. The Labute approximate surface area is 320 Å². The molecule has 0 spiro atoms. The smallest absolute Gasteiger partial charge is 0.408 e. The van der Waals surface area contributed by atoms with Gasteiger partial charge in [-0.2, -0.15) is 0 Å². The number of nitrogens with zero attached hydrogens (tertiary/aromatic N) is 3. The molecule has 5 rings (SSSR count). The number of amides is 5. The molecule has 2 aliphatic carbocycles. The fourth-order valence-corrected chi connectivity index (χ4v) is 7.86. The molecule has 1 aromatic carbocycles. The van der Waals surface area contributed by atoms with E-state index in [1.165, 1.54) is 22.0 Å². The summed E-state index contributed by atoms with van der Waals surface area (Å²) < 4.78 is 44.7. The first-order valence-electron chi connectivity index (χ1n) is 17.9. The second kappa shape index (κ2) is 16.1. The lowest BCUT2D eigenvalue weighted by molar-refractivity contribution is -0.142. The Morgan fingerprint density at radius 1 is 1.13 bits per heavy atom. The third kappa shape index (κ3) is 9.44. The average Bonchev–Trinajstić information content (AvgIpc) is 4.06. The van der Waals surface area contributed by atoms with Gasteiger partial charge in [-0.25, -0.2) is 18.2 Å². The van der Waals surface area contributed by atoms with Crippen LogP contribution >= 0.6 is 0 Å². The number of methoxy groups -OCH3 is 1. The van der Waals surface area contributed by atoms with Gasteiger partial charge in [-0.3, -0.25) is 23.9 Å². The summed E-state index contributed by atoms with van der Waals surface area (Å²) in [7, 11) is -2.41. The molecule has 5 amide bonds. The topological polar surface area (TPSA) is 203 Å². The number of benzene rings is 1. The number of hydrogen-bond acceptors (Lipinski definition) is 11. The number of rotatable bonds is 16. The minimum absolute atomic E-state index is 0.00214. The number of fused-ring (bicyclic) bond motifs is 1. The van der Waals surface area contributed by atoms with E-state index in [1.807, 2.05) is 0 Å². The number of carbonyl (C=O) groups excluding carboxylic acids is 5. The average molecular weight is 781 g/mol. The molecule has 296 valence electrons. The molecule has 2 heterocycles. The summed E-state index contributed by atoms with van der Waals surface area (Å²) in [6.07, 6.45) is 4.59. The van der Waals surface area contributed by atoms with E-state index in [0.29, 0.717) is 24.0 Å². The van der Waals surface area contributed by atoms with Crippen LogP contribution < -0.4 is 24.8 Å². The van der Waals surface area contributed by atoms with E-state index in [1.54, 1.807) is 58.3 Å². The predicted octanol–water partition coefficient (Wildman–Crippen LogP) is 2.35. The number of hydrogen-bond donors (Lipinski definition) is 3. The molecule has 2 saturated carbocycles. The van der Waals surface area contributed by atoms with Crippen LogP contribution in [-0.4, -0.2) is 114 Å². The Morgan fingerprint density at radius 2 is 1.85 bits per heavy atom. The van der Waals surface area contributed by atoms with Crippen molar-refractivity contribution in [1.82, 2.24) is 30.1 Å². The Kier molecular flexibility index (Phi) is 11.9. The Bertz CT molecular complexity index is 1990. The largest absolute Gasteiger partial charge is 0.497 e. The van der Waals surface area contributed by atoms with Crippen molar-refractivity contribution in [1.29, 1.82) is 0 Å². The fourth-order valence-electron chi connectivity index (χ4n) is 6.50. The highest BCUT2D eigenvalue weighted by Crippen LogP contribution is 2.45. The molecule has 0 radical (unpaired) electrons. The molecule has 5 atom stereocenters. The van der Waals surface area contributed by atoms with Gasteiger partial charge in [-0.05, 0) is 75.8 Å². The minimum Gasteiger partial charge on any atom is -0.497 e. The highest BCUT2D eigenvalue weighted by Gasteiger charge is 2.62. The monoisotopic (exact) mass is 780 g/mol. The number of sulfonamides is 1. The molecule has 1 aliphatic heterocycles. The maximum absolute atomic E-state index is 14.6. The molecule has 17 heteroatoms. The van der Waals surface area contributed by atoms with Crippen molar-refractivity contribution in [2.75, 3.05) is 26.7 Å². The van der Waals surface area contributed by atoms with Crippen LogP contribution in [0.2, 0.25) is 0 Å². The second-order valence-corrected chi connectivity index (χ2v) is 16.8. The van der Waals surface area contributed by atoms with Crippen LogP contribution in [0.4, 0.5) is 4.79 Å². The summed E-state index contributed by atoms with van der Waals surface area (Å²) in [5.74, 6) is -2.71. The first-order chi connectivity index (χ1) is 25.9. The van der Waals surface area contributed by atoms with Gasteiger partial charge in [-0.15, -0.1) is 13.2 Å². The zero-order valence-electron chi connectivity index (χ0n) is 31.4. The number of ether oxygens (including phenoxy) is 3. The summed E-state index contributed by atoms with van der Waals surface area (Å²) in [4.78, 5) is 75.2. The Balaban J connectivity index is 1.48. The molecule has 0 bridgehead atoms. The van der Waals surface area contributed by atoms with E-state index >= 15 is 0 Å². The number of alkyl carbamates (subject to hydrolysis) is 1. The first-order valence-corrected chi connectivity index (χ1v) is 19.4. The van der Waals surface area contributed by atoms with Gasteiger partial charge in [0.1, 0.15) is 35.1 Å². The summed E-state index contributed by atoms with van der Waals surface area (Å²) in [5.41, 5.74) is -2.57. The molecule has 2 aromatic rings. The predicted molar refractivity (Wildman–Crippen MR) is 202 cm³/mol. The molecule has 16 nitrogen and oxygen atoms in total. The lowest BCUT2D eigenvalue weighted by Crippen LogP contribution is -2.60. The van der Waals surface area contributed by atoms with Gasteiger partial charge in [0, 0.05) is 30.5 Å². The lowest BCUT2D eigenvalue weighted by Gasteiger charge is -2.32. The van der Waals surface area contributed by atoms with Gasteiger partial charge in [0.15, 0.2) is 0 Å². The van der Waals surface area contributed by atoms with E-state index in [2.05, 4.69) is 40.1 Å². The van der Waals surface area contributed by atoms with Crippen LogP contribution in [0.1, 0.15) is 46.5 Å². The summed E-state index contributed by atoms with van der Waals surface area (Å²) >= 11 is 0. The fraction of sp³-hybridized carbons (Fsp3) is 0.474. The van der Waals surface area contributed by atoms with Gasteiger partial charge in [0.25, 0.3) is 5.91 Å². The molecule has 3 aliphatic rings. The van der Waals surface area contributed by atoms with Gasteiger partial charge >= 0.3 is 6.09 Å². The number of nitrogens with one attached hydrogen (secondary N) is 3. The molecular formula is C38H48N6O10S. The highest BCUT2D eigenvalue weighted by atomic mass is 32.2. The summed E-state index contributed by atoms with van der Waals surface area (Å²) in [5, 5.41) is 6.01. The quantitative estimate of drug-likeness (QED) is 0.167. The van der Waals surface area contributed by atoms with Crippen LogP contribution in [0.25, 0.3) is 10.8 Å². The van der Waals surface area contributed by atoms with Gasteiger partial charge in [0.05, 0.1) is 25.4 Å². The number of likely N-dealkylation sites (tertiary alicyclic amines) is 1. The molecule has 1 unspecified atom stereocenters. The van der Waals surface area contributed by atoms with Crippen molar-refractivity contribution < 1.29 is 46.6 Å². The van der Waals surface area contributed by atoms with Crippen LogP contribution in [0.5, 0.6) is 11.6 Å². The highest BCUT2D eigenvalue weighted by molar-refractivity contribution is 7.91. The van der Waals surface area contributed by atoms with Gasteiger partial charge in [-0.1, -0.05) is 18.7 Å². The molecule has 1 saturated heterocycles. The summed E-state index contributed by atoms with van der Waals surface area (Å²) in [6, 6.07) is 4.37. The van der Waals surface area contributed by atoms with Crippen LogP contribution in [0.3, 0.4) is 0 Å². The molecule has 3 N–H and O–H groups in total.